The number of nitrogen functional groups attached to an aromatic ring is 1. The number of rotatable bonds is 8. The first-order valence-corrected chi connectivity index (χ1v) is 13.1. The number of piperazine rings is 1. The van der Waals surface area contributed by atoms with Crippen molar-refractivity contribution >= 4 is 23.3 Å². The minimum Gasteiger partial charge on any atom is -0.493 e. The molecule has 5 rings (SSSR count). The van der Waals surface area contributed by atoms with E-state index in [2.05, 4.69) is 32.3 Å². The van der Waals surface area contributed by atoms with Crippen LogP contribution in [0.25, 0.3) is 17.2 Å². The van der Waals surface area contributed by atoms with Gasteiger partial charge in [-0.15, -0.1) is 5.10 Å². The van der Waals surface area contributed by atoms with Gasteiger partial charge in [0.05, 0.1) is 26.3 Å². The van der Waals surface area contributed by atoms with Crippen molar-refractivity contribution in [2.45, 2.75) is 6.42 Å². The molecule has 41 heavy (non-hydrogen) atoms. The van der Waals surface area contributed by atoms with Gasteiger partial charge in [-0.1, -0.05) is 12.1 Å². The van der Waals surface area contributed by atoms with E-state index >= 15 is 0 Å². The van der Waals surface area contributed by atoms with E-state index in [1.807, 2.05) is 29.2 Å². The number of nitrogens with zero attached hydrogens (tertiary/aromatic N) is 6. The molecule has 0 spiro atoms. The first kappa shape index (κ1) is 27.6. The minimum absolute atomic E-state index is 0.0389. The van der Waals surface area contributed by atoms with E-state index in [9.17, 15) is 9.59 Å². The van der Waals surface area contributed by atoms with E-state index in [1.165, 1.54) is 10.9 Å². The average Bonchev–Trinajstić information content (AvgIpc) is 3.39. The quantitative estimate of drug-likeness (QED) is 0.335. The highest BCUT2D eigenvalue weighted by Gasteiger charge is 2.20. The predicted molar refractivity (Wildman–Crippen MR) is 154 cm³/mol. The van der Waals surface area contributed by atoms with Crippen molar-refractivity contribution in [3.8, 4) is 28.7 Å². The van der Waals surface area contributed by atoms with Gasteiger partial charge in [-0.25, -0.2) is 14.6 Å². The van der Waals surface area contributed by atoms with Crippen LogP contribution in [0.1, 0.15) is 15.9 Å². The predicted octanol–water partition coefficient (Wildman–Crippen LogP) is 2.50. The Labute approximate surface area is 237 Å². The van der Waals surface area contributed by atoms with Gasteiger partial charge in [0.1, 0.15) is 5.56 Å². The maximum absolute atomic E-state index is 13.0. The number of carbonyl (C=O) groups excluding carboxylic acids is 2. The van der Waals surface area contributed by atoms with E-state index in [0.29, 0.717) is 29.3 Å². The summed E-state index contributed by atoms with van der Waals surface area (Å²) in [5.41, 5.74) is 9.14. The number of amides is 2. The summed E-state index contributed by atoms with van der Waals surface area (Å²) in [6.07, 6.45) is 3.41. The number of anilines is 2. The van der Waals surface area contributed by atoms with Crippen molar-refractivity contribution in [2.24, 2.45) is 0 Å². The summed E-state index contributed by atoms with van der Waals surface area (Å²) in [7, 11) is 5.20. The van der Waals surface area contributed by atoms with Crippen LogP contribution < -0.4 is 20.5 Å². The Morgan fingerprint density at radius 2 is 1.71 bits per heavy atom. The van der Waals surface area contributed by atoms with E-state index in [1.54, 1.807) is 44.7 Å². The third kappa shape index (κ3) is 6.28. The zero-order valence-corrected chi connectivity index (χ0v) is 23.2. The molecule has 2 amide bonds. The number of nitrogens with one attached hydrogen (secondary N) is 1. The Balaban J connectivity index is 1.26. The van der Waals surface area contributed by atoms with Gasteiger partial charge in [0.25, 0.3) is 11.9 Å². The van der Waals surface area contributed by atoms with Crippen LogP contribution in [0, 0.1) is 0 Å². The number of nitrogens with two attached hydrogens (primary N) is 1. The van der Waals surface area contributed by atoms with E-state index in [0.717, 1.165) is 37.3 Å². The SMILES string of the molecule is COc1ccc(-c2ccnc(-n3cc(C(=O)Nc4ccc(CC(=O)N5CCN(C)CC5)cc4)c(N)n3)n2)cc1OC. The van der Waals surface area contributed by atoms with E-state index in [4.69, 9.17) is 15.2 Å². The van der Waals surface area contributed by atoms with Crippen molar-refractivity contribution in [3.05, 3.63) is 72.1 Å². The van der Waals surface area contributed by atoms with Crippen LogP contribution in [0.5, 0.6) is 11.5 Å². The smallest absolute Gasteiger partial charge is 0.261 e. The first-order chi connectivity index (χ1) is 19.8. The molecule has 1 aliphatic rings. The average molecular weight is 557 g/mol. The Bertz CT molecular complexity index is 1540. The molecule has 3 N–H and O–H groups in total. The van der Waals surface area contributed by atoms with Crippen molar-refractivity contribution in [2.75, 3.05) is 58.5 Å². The van der Waals surface area contributed by atoms with Gasteiger partial charge >= 0.3 is 0 Å². The van der Waals surface area contributed by atoms with Crippen LogP contribution in [0.4, 0.5) is 11.5 Å². The summed E-state index contributed by atoms with van der Waals surface area (Å²) in [5.74, 6) is 1.14. The summed E-state index contributed by atoms with van der Waals surface area (Å²) >= 11 is 0. The molecular formula is C29H32N8O4. The molecule has 4 aromatic rings. The van der Waals surface area contributed by atoms with Crippen LogP contribution in [0.15, 0.2) is 60.9 Å². The van der Waals surface area contributed by atoms with E-state index in [-0.39, 0.29) is 23.2 Å². The van der Waals surface area contributed by atoms with Crippen LogP contribution in [-0.4, -0.2) is 88.8 Å². The molecule has 3 heterocycles. The molecule has 212 valence electrons. The zero-order valence-electron chi connectivity index (χ0n) is 23.2. The number of aromatic nitrogens is 4. The maximum atomic E-state index is 13.0. The number of hydrogen-bond donors (Lipinski definition) is 2. The Morgan fingerprint density at radius 1 is 0.976 bits per heavy atom. The van der Waals surface area contributed by atoms with Crippen molar-refractivity contribution in [3.63, 3.8) is 0 Å². The van der Waals surface area contributed by atoms with Crippen LogP contribution >= 0.6 is 0 Å². The van der Waals surface area contributed by atoms with Crippen LogP contribution in [-0.2, 0) is 11.2 Å². The molecule has 2 aromatic heterocycles. The summed E-state index contributed by atoms with van der Waals surface area (Å²) < 4.78 is 12.1. The van der Waals surface area contributed by atoms with Gasteiger partial charge in [-0.05, 0) is 49.0 Å². The van der Waals surface area contributed by atoms with Crippen molar-refractivity contribution < 1.29 is 19.1 Å². The van der Waals surface area contributed by atoms with E-state index < -0.39 is 5.91 Å². The second-order valence-electron chi connectivity index (χ2n) is 9.70. The Morgan fingerprint density at radius 3 is 2.41 bits per heavy atom. The molecule has 12 nitrogen and oxygen atoms in total. The topological polar surface area (TPSA) is 141 Å². The van der Waals surface area contributed by atoms with Gasteiger partial charge in [-0.3, -0.25) is 9.59 Å². The van der Waals surface area contributed by atoms with Gasteiger partial charge in [0.15, 0.2) is 17.3 Å². The van der Waals surface area contributed by atoms with Crippen molar-refractivity contribution in [1.82, 2.24) is 29.5 Å². The molecule has 12 heteroatoms. The summed E-state index contributed by atoms with van der Waals surface area (Å²) in [5, 5.41) is 7.09. The second-order valence-corrected chi connectivity index (χ2v) is 9.70. The number of carbonyl (C=O) groups is 2. The zero-order chi connectivity index (χ0) is 28.9. The van der Waals surface area contributed by atoms with Gasteiger partial charge in [0, 0.05) is 49.8 Å². The minimum atomic E-state index is -0.425. The standard InChI is InChI=1S/C29H32N8O4/c1-35-12-14-36(15-13-35)26(38)16-19-4-7-21(8-5-19)32-28(39)22-18-37(34-27(22)30)29-31-11-10-23(33-29)20-6-9-24(40-2)25(17-20)41-3/h4-11,17-18H,12-16H2,1-3H3,(H2,30,34)(H,32,39). The number of benzene rings is 2. The number of hydrogen-bond acceptors (Lipinski definition) is 9. The van der Waals surface area contributed by atoms with Gasteiger partial charge in [-0.2, -0.15) is 0 Å². The van der Waals surface area contributed by atoms with Crippen LogP contribution in [0.2, 0.25) is 0 Å². The molecule has 1 saturated heterocycles. The summed E-state index contributed by atoms with van der Waals surface area (Å²) in [6.45, 7) is 3.24. The Hall–Kier alpha value is -4.97. The molecule has 0 radical (unpaired) electrons. The third-order valence-corrected chi connectivity index (χ3v) is 6.94. The first-order valence-electron chi connectivity index (χ1n) is 13.1. The molecule has 0 aliphatic carbocycles. The number of methoxy groups -OCH3 is 2. The molecule has 1 aliphatic heterocycles. The molecule has 0 atom stereocenters. The molecule has 0 unspecified atom stereocenters. The molecule has 0 saturated carbocycles. The fourth-order valence-corrected chi connectivity index (χ4v) is 4.53. The van der Waals surface area contributed by atoms with Crippen LogP contribution in [0.3, 0.4) is 0 Å². The van der Waals surface area contributed by atoms with Gasteiger partial charge < -0.3 is 30.3 Å². The normalized spacial score (nSPS) is 13.6. The lowest BCUT2D eigenvalue weighted by Gasteiger charge is -2.32. The highest BCUT2D eigenvalue weighted by atomic mass is 16.5. The fourth-order valence-electron chi connectivity index (χ4n) is 4.53. The monoisotopic (exact) mass is 556 g/mol. The fraction of sp³-hybridized carbons (Fsp3) is 0.276. The second kappa shape index (κ2) is 12.0. The highest BCUT2D eigenvalue weighted by molar-refractivity contribution is 6.07. The lowest BCUT2D eigenvalue weighted by molar-refractivity contribution is -0.132. The molecule has 2 aromatic carbocycles. The molecular weight excluding hydrogens is 524 g/mol. The number of likely N-dealkylation sites (N-methyl/N-ethyl adjacent to an activating group) is 1. The van der Waals surface area contributed by atoms with Gasteiger partial charge in [0.2, 0.25) is 5.91 Å². The molecule has 0 bridgehead atoms. The number of ether oxygens (including phenoxy) is 2. The largest absolute Gasteiger partial charge is 0.493 e. The van der Waals surface area contributed by atoms with Crippen molar-refractivity contribution in [1.29, 1.82) is 0 Å². The summed E-state index contributed by atoms with van der Waals surface area (Å²) in [6, 6.07) is 14.4. The molecule has 1 fully saturated rings. The highest BCUT2D eigenvalue weighted by Crippen LogP contribution is 2.31. The lowest BCUT2D eigenvalue weighted by Crippen LogP contribution is -2.47. The summed E-state index contributed by atoms with van der Waals surface area (Å²) in [4.78, 5) is 38.6. The lowest BCUT2D eigenvalue weighted by atomic mass is 10.1. The maximum Gasteiger partial charge on any atom is 0.261 e. The third-order valence-electron chi connectivity index (χ3n) is 6.94. The Kier molecular flexibility index (Phi) is 8.11.